The second-order valence-corrected chi connectivity index (χ2v) is 10.6. The molecule has 1 aromatic heterocycles. The van der Waals surface area contributed by atoms with Crippen molar-refractivity contribution in [2.45, 2.75) is 31.6 Å². The minimum absolute atomic E-state index is 0.0288. The summed E-state index contributed by atoms with van der Waals surface area (Å²) in [6, 6.07) is 9.20. The molecule has 0 radical (unpaired) electrons. The fourth-order valence-corrected chi connectivity index (χ4v) is 4.87. The zero-order valence-electron chi connectivity index (χ0n) is 19.4. The predicted octanol–water partition coefficient (Wildman–Crippen LogP) is 6.94. The molecule has 0 unspecified atom stereocenters. The van der Waals surface area contributed by atoms with Crippen LogP contribution < -0.4 is 10.6 Å². The lowest BCUT2D eigenvalue weighted by molar-refractivity contribution is -0.113. The van der Waals surface area contributed by atoms with Crippen LogP contribution in [0.5, 0.6) is 0 Å². The number of carbonyl (C=O) groups is 2. The first-order valence-electron chi connectivity index (χ1n) is 10.8. The second kappa shape index (κ2) is 12.8. The number of aromatic nitrogens is 3. The zero-order valence-corrected chi connectivity index (χ0v) is 23.2. The van der Waals surface area contributed by atoms with Crippen LogP contribution in [0.15, 0.2) is 54.2 Å². The van der Waals surface area contributed by atoms with E-state index in [1.165, 1.54) is 17.8 Å². The van der Waals surface area contributed by atoms with Gasteiger partial charge in [-0.05, 0) is 36.2 Å². The molecule has 0 aliphatic heterocycles. The van der Waals surface area contributed by atoms with E-state index in [0.29, 0.717) is 38.8 Å². The third kappa shape index (κ3) is 6.95. The van der Waals surface area contributed by atoms with E-state index in [1.54, 1.807) is 36.4 Å². The highest BCUT2D eigenvalue weighted by Gasteiger charge is 2.27. The Morgan fingerprint density at radius 1 is 1.11 bits per heavy atom. The number of halogens is 4. The molecule has 2 N–H and O–H groups in total. The molecule has 0 aliphatic carbocycles. The minimum atomic E-state index is -0.481. The van der Waals surface area contributed by atoms with Crippen LogP contribution >= 0.6 is 58.2 Å². The van der Waals surface area contributed by atoms with E-state index < -0.39 is 6.04 Å². The van der Waals surface area contributed by atoms with Crippen molar-refractivity contribution in [1.29, 1.82) is 0 Å². The van der Waals surface area contributed by atoms with Crippen LogP contribution in [-0.4, -0.2) is 32.3 Å². The Morgan fingerprint density at radius 3 is 2.53 bits per heavy atom. The maximum atomic E-state index is 13.0. The smallest absolute Gasteiger partial charge is 0.253 e. The van der Waals surface area contributed by atoms with Crippen molar-refractivity contribution in [2.24, 2.45) is 5.92 Å². The van der Waals surface area contributed by atoms with Crippen molar-refractivity contribution in [1.82, 2.24) is 20.1 Å². The van der Waals surface area contributed by atoms with E-state index >= 15 is 0 Å². The third-order valence-electron chi connectivity index (χ3n) is 5.02. The SMILES string of the molecule is C=CCn1c(SCC(=O)Nc2cccc(Cl)c2Cl)nnc1[C@H](NC(=O)c1ccc(Cl)cc1Cl)C(C)C. The van der Waals surface area contributed by atoms with Gasteiger partial charge in [0.15, 0.2) is 11.0 Å². The van der Waals surface area contributed by atoms with Crippen molar-refractivity contribution >= 4 is 75.7 Å². The quantitative estimate of drug-likeness (QED) is 0.198. The number of amides is 2. The Bertz CT molecular complexity index is 1280. The van der Waals surface area contributed by atoms with E-state index in [9.17, 15) is 9.59 Å². The summed E-state index contributed by atoms with van der Waals surface area (Å²) in [5, 5.41) is 16.1. The number of allylic oxidation sites excluding steroid dienone is 1. The van der Waals surface area contributed by atoms with Gasteiger partial charge >= 0.3 is 0 Å². The summed E-state index contributed by atoms with van der Waals surface area (Å²) < 4.78 is 1.81. The van der Waals surface area contributed by atoms with Gasteiger partial charge in [0.2, 0.25) is 5.91 Å². The van der Waals surface area contributed by atoms with Gasteiger partial charge in [-0.1, -0.05) is 84.2 Å². The van der Waals surface area contributed by atoms with Crippen LogP contribution in [0.4, 0.5) is 5.69 Å². The Morgan fingerprint density at radius 2 is 1.86 bits per heavy atom. The van der Waals surface area contributed by atoms with Gasteiger partial charge in [0, 0.05) is 11.6 Å². The van der Waals surface area contributed by atoms with Gasteiger partial charge in [0.1, 0.15) is 0 Å². The molecule has 3 rings (SSSR count). The van der Waals surface area contributed by atoms with Gasteiger partial charge in [-0.15, -0.1) is 16.8 Å². The molecular weight excluding hydrogens is 564 g/mol. The lowest BCUT2D eigenvalue weighted by Crippen LogP contribution is -2.34. The molecule has 0 saturated heterocycles. The molecule has 0 fully saturated rings. The number of carbonyl (C=O) groups excluding carboxylic acids is 2. The van der Waals surface area contributed by atoms with E-state index in [2.05, 4.69) is 27.4 Å². The largest absolute Gasteiger partial charge is 0.342 e. The highest BCUT2D eigenvalue weighted by atomic mass is 35.5. The van der Waals surface area contributed by atoms with Crippen molar-refractivity contribution in [2.75, 3.05) is 11.1 Å². The van der Waals surface area contributed by atoms with Crippen molar-refractivity contribution in [3.05, 3.63) is 80.5 Å². The highest BCUT2D eigenvalue weighted by molar-refractivity contribution is 7.99. The summed E-state index contributed by atoms with van der Waals surface area (Å²) in [7, 11) is 0. The van der Waals surface area contributed by atoms with Gasteiger partial charge in [0.25, 0.3) is 5.91 Å². The summed E-state index contributed by atoms with van der Waals surface area (Å²) in [4.78, 5) is 25.5. The Hall–Kier alpha value is -2.23. The number of benzene rings is 2. The molecular formula is C24H23Cl4N5O2S. The van der Waals surface area contributed by atoms with Crippen molar-refractivity contribution in [3.63, 3.8) is 0 Å². The number of hydrogen-bond donors (Lipinski definition) is 2. The van der Waals surface area contributed by atoms with Crippen LogP contribution in [0, 0.1) is 5.92 Å². The van der Waals surface area contributed by atoms with Gasteiger partial charge in [-0.2, -0.15) is 0 Å². The number of rotatable bonds is 10. The fraction of sp³-hybridized carbons (Fsp3) is 0.250. The number of nitrogens with zero attached hydrogens (tertiary/aromatic N) is 3. The fourth-order valence-electron chi connectivity index (χ4n) is 3.28. The molecule has 0 spiro atoms. The van der Waals surface area contributed by atoms with Crippen molar-refractivity contribution in [3.8, 4) is 0 Å². The van der Waals surface area contributed by atoms with Crippen molar-refractivity contribution < 1.29 is 9.59 Å². The zero-order chi connectivity index (χ0) is 26.4. The molecule has 0 aliphatic rings. The molecule has 0 saturated carbocycles. The van der Waals surface area contributed by atoms with Gasteiger partial charge in [0.05, 0.1) is 38.1 Å². The molecule has 2 aromatic carbocycles. The van der Waals surface area contributed by atoms with E-state index in [-0.39, 0.29) is 33.5 Å². The summed E-state index contributed by atoms with van der Waals surface area (Å²) in [5.74, 6) is -0.0968. The molecule has 3 aromatic rings. The van der Waals surface area contributed by atoms with Gasteiger partial charge in [-0.3, -0.25) is 9.59 Å². The lowest BCUT2D eigenvalue weighted by atomic mass is 10.0. The van der Waals surface area contributed by atoms with E-state index in [1.807, 2.05) is 18.4 Å². The topological polar surface area (TPSA) is 88.9 Å². The average molecular weight is 587 g/mol. The molecule has 7 nitrogen and oxygen atoms in total. The first-order chi connectivity index (χ1) is 17.1. The first-order valence-corrected chi connectivity index (χ1v) is 13.3. The maximum Gasteiger partial charge on any atom is 0.253 e. The first kappa shape index (κ1) is 28.3. The minimum Gasteiger partial charge on any atom is -0.342 e. The molecule has 36 heavy (non-hydrogen) atoms. The molecule has 1 atom stereocenters. The summed E-state index contributed by atoms with van der Waals surface area (Å²) in [6.07, 6.45) is 1.69. The number of anilines is 1. The van der Waals surface area contributed by atoms with Crippen LogP contribution in [0.25, 0.3) is 0 Å². The molecule has 1 heterocycles. The highest BCUT2D eigenvalue weighted by Crippen LogP contribution is 2.30. The van der Waals surface area contributed by atoms with Crippen LogP contribution in [0.2, 0.25) is 20.1 Å². The lowest BCUT2D eigenvalue weighted by Gasteiger charge is -2.23. The van der Waals surface area contributed by atoms with Crippen LogP contribution in [-0.2, 0) is 11.3 Å². The maximum absolute atomic E-state index is 13.0. The molecule has 0 bridgehead atoms. The monoisotopic (exact) mass is 585 g/mol. The number of nitrogens with one attached hydrogen (secondary N) is 2. The molecule has 190 valence electrons. The Kier molecular flexibility index (Phi) is 10.1. The second-order valence-electron chi connectivity index (χ2n) is 8.00. The van der Waals surface area contributed by atoms with Crippen LogP contribution in [0.1, 0.15) is 36.1 Å². The molecule has 2 amide bonds. The summed E-state index contributed by atoms with van der Waals surface area (Å²) in [5.41, 5.74) is 0.721. The average Bonchev–Trinajstić information content (AvgIpc) is 3.21. The summed E-state index contributed by atoms with van der Waals surface area (Å²) >= 11 is 25.5. The van der Waals surface area contributed by atoms with E-state index in [4.69, 9.17) is 46.4 Å². The van der Waals surface area contributed by atoms with Crippen LogP contribution in [0.3, 0.4) is 0 Å². The molecule has 12 heteroatoms. The Balaban J connectivity index is 1.78. The number of thioether (sulfide) groups is 1. The summed E-state index contributed by atoms with van der Waals surface area (Å²) in [6.45, 7) is 8.10. The predicted molar refractivity (Wildman–Crippen MR) is 148 cm³/mol. The van der Waals surface area contributed by atoms with Gasteiger partial charge in [-0.25, -0.2) is 0 Å². The van der Waals surface area contributed by atoms with Gasteiger partial charge < -0.3 is 15.2 Å². The van der Waals surface area contributed by atoms with E-state index in [0.717, 1.165) is 0 Å². The normalized spacial score (nSPS) is 11.9. The standard InChI is InChI=1S/C24H23Cl4N5O2S/c1-4-10-33-22(21(13(2)3)30-23(35)15-9-8-14(25)11-17(15)27)31-32-24(33)36-12-19(34)29-18-7-5-6-16(26)20(18)28/h4-9,11,13,21H,1,10,12H2,2-3H3,(H,29,34)(H,30,35)/t21-/m1/s1. The third-order valence-corrected chi connectivity index (χ3v) is 7.36. The number of hydrogen-bond acceptors (Lipinski definition) is 5. The Labute approximate surface area is 233 Å².